The van der Waals surface area contributed by atoms with Crippen molar-refractivity contribution in [3.05, 3.63) is 0 Å². The van der Waals surface area contributed by atoms with E-state index in [1.807, 2.05) is 0 Å². The number of unbranched alkanes of at least 4 members (excludes halogenated alkanes) is 3. The summed E-state index contributed by atoms with van der Waals surface area (Å²) in [7, 11) is 0. The highest BCUT2D eigenvalue weighted by Crippen LogP contribution is 1.93. The maximum absolute atomic E-state index is 9.68. The fraction of sp³-hybridized carbons (Fsp3) is 0.667. The lowest BCUT2D eigenvalue weighted by Crippen LogP contribution is -1.78. The second-order valence-corrected chi connectivity index (χ2v) is 1.62. The minimum absolute atomic E-state index is 0. The third-order valence-corrected chi connectivity index (χ3v) is 0.894. The molecule has 0 rings (SSSR count). The van der Waals surface area contributed by atoms with E-state index in [-0.39, 0.29) is 5.48 Å². The van der Waals surface area contributed by atoms with Gasteiger partial charge < -0.3 is 15.1 Å². The van der Waals surface area contributed by atoms with Crippen LogP contribution in [0, 0.1) is 0 Å². The molecule has 0 saturated carbocycles. The van der Waals surface area contributed by atoms with E-state index in [1.54, 1.807) is 0 Å². The summed E-state index contributed by atoms with van der Waals surface area (Å²) in [5, 5.41) is 0. The first kappa shape index (κ1) is 11.1. The van der Waals surface area contributed by atoms with Crippen molar-refractivity contribution in [3.63, 3.8) is 0 Å². The van der Waals surface area contributed by atoms with Gasteiger partial charge in [-0.3, -0.25) is 0 Å². The smallest absolute Gasteiger partial charge is 0.119 e. The fourth-order valence-electron chi connectivity index (χ4n) is 0.455. The zero-order valence-corrected chi connectivity index (χ0v) is 5.30. The highest BCUT2D eigenvalue weighted by molar-refractivity contribution is 5.50. The number of carbonyl (C=O) groups excluding carboxylic acids is 2. The number of rotatable bonds is 5. The summed E-state index contributed by atoms with van der Waals surface area (Å²) in [6, 6.07) is 0. The molecule has 2 N–H and O–H groups in total. The maximum Gasteiger partial charge on any atom is 0.119 e. The summed E-state index contributed by atoms with van der Waals surface area (Å²) in [4.78, 5) is 19.4. The van der Waals surface area contributed by atoms with Crippen LogP contribution in [0.5, 0.6) is 0 Å². The van der Waals surface area contributed by atoms with Crippen LogP contribution in [0.25, 0.3) is 0 Å². The Kier molecular flexibility index (Phi) is 12.8. The average Bonchev–Trinajstić information content (AvgIpc) is 1.81. The molecule has 3 heteroatoms. The Hall–Kier alpha value is -0.700. The molecular weight excluding hydrogens is 120 g/mol. The normalized spacial score (nSPS) is 7.56. The van der Waals surface area contributed by atoms with Gasteiger partial charge in [0.15, 0.2) is 0 Å². The van der Waals surface area contributed by atoms with Crippen LogP contribution in [0.1, 0.15) is 25.7 Å². The standard InChI is InChI=1S/C6H10O2.H2O/c7-5-3-1-2-4-6-8;/h5-6H,1-4H2;1H2. The fourth-order valence-corrected chi connectivity index (χ4v) is 0.455. The highest BCUT2D eigenvalue weighted by Gasteiger charge is 1.83. The molecule has 0 unspecified atom stereocenters. The average molecular weight is 132 g/mol. The highest BCUT2D eigenvalue weighted by atomic mass is 16.1. The number of aldehydes is 2. The Balaban J connectivity index is 0. The van der Waals surface area contributed by atoms with Gasteiger partial charge in [-0.2, -0.15) is 0 Å². The monoisotopic (exact) mass is 132 g/mol. The van der Waals surface area contributed by atoms with E-state index in [1.165, 1.54) is 0 Å². The summed E-state index contributed by atoms with van der Waals surface area (Å²) in [6.45, 7) is 0. The SMILES string of the molecule is O.O=CCCCCC=O. The first-order chi connectivity index (χ1) is 3.91. The van der Waals surface area contributed by atoms with E-state index in [0.29, 0.717) is 12.8 Å². The van der Waals surface area contributed by atoms with Crippen molar-refractivity contribution in [2.45, 2.75) is 25.7 Å². The van der Waals surface area contributed by atoms with Crippen molar-refractivity contribution in [2.75, 3.05) is 0 Å². The zero-order chi connectivity index (χ0) is 6.24. The largest absolute Gasteiger partial charge is 0.412 e. The maximum atomic E-state index is 9.68. The summed E-state index contributed by atoms with van der Waals surface area (Å²) in [6.07, 6.45) is 4.64. The van der Waals surface area contributed by atoms with Crippen LogP contribution in [-0.2, 0) is 9.59 Å². The molecule has 0 heterocycles. The van der Waals surface area contributed by atoms with E-state index in [9.17, 15) is 9.59 Å². The van der Waals surface area contributed by atoms with Gasteiger partial charge in [0.05, 0.1) is 0 Å². The summed E-state index contributed by atoms with van der Waals surface area (Å²) in [5.74, 6) is 0. The molecule has 0 bridgehead atoms. The van der Waals surface area contributed by atoms with Crippen molar-refractivity contribution in [2.24, 2.45) is 0 Å². The molecule has 3 nitrogen and oxygen atoms in total. The van der Waals surface area contributed by atoms with Crippen LogP contribution >= 0.6 is 0 Å². The Morgan fingerprint density at radius 1 is 0.889 bits per heavy atom. The lowest BCUT2D eigenvalue weighted by molar-refractivity contribution is -0.109. The molecule has 0 atom stereocenters. The zero-order valence-electron chi connectivity index (χ0n) is 5.30. The topological polar surface area (TPSA) is 65.6 Å². The second kappa shape index (κ2) is 10.3. The van der Waals surface area contributed by atoms with E-state index >= 15 is 0 Å². The van der Waals surface area contributed by atoms with E-state index in [0.717, 1.165) is 25.4 Å². The predicted octanol–water partition coefficient (Wildman–Crippen LogP) is 0.120. The van der Waals surface area contributed by atoms with Crippen LogP contribution in [0.2, 0.25) is 0 Å². The molecule has 9 heavy (non-hydrogen) atoms. The van der Waals surface area contributed by atoms with E-state index < -0.39 is 0 Å². The van der Waals surface area contributed by atoms with Gasteiger partial charge in [-0.1, -0.05) is 0 Å². The first-order valence-electron chi connectivity index (χ1n) is 2.79. The molecular formula is C6H12O3. The molecule has 0 radical (unpaired) electrons. The van der Waals surface area contributed by atoms with Crippen LogP contribution < -0.4 is 0 Å². The third kappa shape index (κ3) is 11.1. The molecule has 0 aliphatic carbocycles. The molecule has 0 aromatic carbocycles. The number of hydrogen-bond acceptors (Lipinski definition) is 2. The molecule has 0 fully saturated rings. The van der Waals surface area contributed by atoms with Crippen molar-refractivity contribution >= 4 is 12.6 Å². The van der Waals surface area contributed by atoms with Gasteiger partial charge >= 0.3 is 0 Å². The van der Waals surface area contributed by atoms with E-state index in [2.05, 4.69) is 0 Å². The first-order valence-corrected chi connectivity index (χ1v) is 2.79. The quantitative estimate of drug-likeness (QED) is 0.394. The summed E-state index contributed by atoms with van der Waals surface area (Å²) < 4.78 is 0. The Bertz CT molecular complexity index is 60.7. The van der Waals surface area contributed by atoms with Gasteiger partial charge in [-0.25, -0.2) is 0 Å². The summed E-state index contributed by atoms with van der Waals surface area (Å²) in [5.41, 5.74) is 0. The Labute approximate surface area is 54.4 Å². The van der Waals surface area contributed by atoms with Crippen LogP contribution in [-0.4, -0.2) is 18.0 Å². The minimum atomic E-state index is 0. The number of carbonyl (C=O) groups is 2. The van der Waals surface area contributed by atoms with Crippen LogP contribution in [0.15, 0.2) is 0 Å². The molecule has 0 aliphatic rings. The Morgan fingerprint density at radius 2 is 1.22 bits per heavy atom. The van der Waals surface area contributed by atoms with Gasteiger partial charge in [-0.05, 0) is 12.8 Å². The van der Waals surface area contributed by atoms with Crippen molar-refractivity contribution < 1.29 is 15.1 Å². The molecule has 0 aromatic rings. The molecule has 0 spiro atoms. The molecule has 0 saturated heterocycles. The molecule has 0 amide bonds. The van der Waals surface area contributed by atoms with E-state index in [4.69, 9.17) is 0 Å². The molecule has 54 valence electrons. The van der Waals surface area contributed by atoms with Gasteiger partial charge in [0, 0.05) is 12.8 Å². The van der Waals surface area contributed by atoms with Gasteiger partial charge in [0.25, 0.3) is 0 Å². The van der Waals surface area contributed by atoms with Crippen LogP contribution in [0.3, 0.4) is 0 Å². The van der Waals surface area contributed by atoms with Gasteiger partial charge in [0.1, 0.15) is 12.6 Å². The molecule has 0 aliphatic heterocycles. The lowest BCUT2D eigenvalue weighted by atomic mass is 10.2. The van der Waals surface area contributed by atoms with Crippen molar-refractivity contribution in [3.8, 4) is 0 Å². The van der Waals surface area contributed by atoms with Gasteiger partial charge in [0.2, 0.25) is 0 Å². The lowest BCUT2D eigenvalue weighted by Gasteiger charge is -1.85. The Morgan fingerprint density at radius 3 is 1.44 bits per heavy atom. The number of hydrogen-bond donors (Lipinski definition) is 0. The van der Waals surface area contributed by atoms with Crippen molar-refractivity contribution in [1.82, 2.24) is 0 Å². The molecule has 0 aromatic heterocycles. The van der Waals surface area contributed by atoms with Crippen LogP contribution in [0.4, 0.5) is 0 Å². The predicted molar refractivity (Wildman–Crippen MR) is 34.2 cm³/mol. The second-order valence-electron chi connectivity index (χ2n) is 1.62. The van der Waals surface area contributed by atoms with Crippen molar-refractivity contribution in [1.29, 1.82) is 0 Å². The summed E-state index contributed by atoms with van der Waals surface area (Å²) >= 11 is 0. The third-order valence-electron chi connectivity index (χ3n) is 0.894. The minimum Gasteiger partial charge on any atom is -0.412 e. The van der Waals surface area contributed by atoms with Gasteiger partial charge in [-0.15, -0.1) is 0 Å².